The second-order valence-corrected chi connectivity index (χ2v) is 13.6. The molecule has 1 N–H and O–H groups in total. The van der Waals surface area contributed by atoms with E-state index >= 15 is 0 Å². The van der Waals surface area contributed by atoms with Gasteiger partial charge in [-0.05, 0) is 12.5 Å². The van der Waals surface area contributed by atoms with Crippen LogP contribution in [0.5, 0.6) is 0 Å². The molecule has 0 saturated heterocycles. The largest absolute Gasteiger partial charge is 0.382 e. The highest BCUT2D eigenvalue weighted by Gasteiger charge is 2.19. The van der Waals surface area contributed by atoms with Gasteiger partial charge in [-0.1, -0.05) is 64.6 Å². The number of hydrogen-bond donors (Lipinski definition) is 1. The number of hydrogen-bond acceptors (Lipinski definition) is 3. The third-order valence-electron chi connectivity index (χ3n) is 3.82. The lowest BCUT2D eigenvalue weighted by Crippen LogP contribution is -2.27. The molecular weight excluding hydrogens is 304 g/mol. The second kappa shape index (κ2) is 11.6. The first-order chi connectivity index (χ1) is 9.77. The summed E-state index contributed by atoms with van der Waals surface area (Å²) in [5.74, 6) is -0.203. The average Bonchev–Trinajstić information content (AvgIpc) is 2.36. The lowest BCUT2D eigenvalue weighted by Gasteiger charge is -2.22. The maximum absolute atomic E-state index is 10.5. The molecule has 0 amide bonds. The van der Waals surface area contributed by atoms with Crippen molar-refractivity contribution in [3.8, 4) is 0 Å². The van der Waals surface area contributed by atoms with E-state index in [1.807, 2.05) is 0 Å². The second-order valence-electron chi connectivity index (χ2n) is 6.68. The Bertz CT molecular complexity index is 342. The van der Waals surface area contributed by atoms with Crippen molar-refractivity contribution in [2.45, 2.75) is 77.1 Å². The molecule has 0 spiro atoms. The molecule has 0 rings (SSSR count). The first-order valence-corrected chi connectivity index (χ1v) is 13.3. The van der Waals surface area contributed by atoms with E-state index in [9.17, 15) is 8.42 Å². The fraction of sp³-hybridized carbons (Fsp3) is 1.00. The minimum atomic E-state index is -3.83. The molecular formula is C15H34O4SSi. The van der Waals surface area contributed by atoms with Crippen LogP contribution >= 0.6 is 0 Å². The maximum atomic E-state index is 10.5. The Morgan fingerprint density at radius 3 is 2.14 bits per heavy atom. The first-order valence-electron chi connectivity index (χ1n) is 8.30. The first kappa shape index (κ1) is 21.1. The van der Waals surface area contributed by atoms with Crippen LogP contribution in [-0.2, 0) is 14.9 Å². The molecule has 0 aromatic carbocycles. The van der Waals surface area contributed by atoms with Gasteiger partial charge in [-0.15, -0.1) is 0 Å². The summed E-state index contributed by atoms with van der Waals surface area (Å²) in [4.78, 5) is 0. The Hall–Kier alpha value is 0.0869. The molecule has 0 heterocycles. The van der Waals surface area contributed by atoms with Crippen LogP contribution < -0.4 is 0 Å². The van der Waals surface area contributed by atoms with Gasteiger partial charge in [0.1, 0.15) is 0 Å². The molecule has 0 fully saturated rings. The number of rotatable bonds is 14. The zero-order chi connectivity index (χ0) is 16.2. The van der Waals surface area contributed by atoms with E-state index in [1.165, 1.54) is 44.6 Å². The SMILES string of the molecule is CCCCCCCC[Si](C)(C)CCOCCCS(=O)(=O)O. The summed E-state index contributed by atoms with van der Waals surface area (Å²) in [5.41, 5.74) is 0. The predicted octanol–water partition coefficient (Wildman–Crippen LogP) is 4.35. The number of unbranched alkanes of at least 4 members (excludes halogenated alkanes) is 5. The van der Waals surface area contributed by atoms with Crippen molar-refractivity contribution in [3.63, 3.8) is 0 Å². The van der Waals surface area contributed by atoms with Crippen LogP contribution in [0.25, 0.3) is 0 Å². The van der Waals surface area contributed by atoms with Gasteiger partial charge < -0.3 is 4.74 Å². The minimum Gasteiger partial charge on any atom is -0.382 e. The van der Waals surface area contributed by atoms with E-state index in [0.717, 1.165) is 12.7 Å². The van der Waals surface area contributed by atoms with Gasteiger partial charge in [0.05, 0.1) is 5.75 Å². The topological polar surface area (TPSA) is 63.6 Å². The highest BCUT2D eigenvalue weighted by molar-refractivity contribution is 7.85. The summed E-state index contributed by atoms with van der Waals surface area (Å²) >= 11 is 0. The monoisotopic (exact) mass is 338 g/mol. The van der Waals surface area contributed by atoms with Crippen LogP contribution in [-0.4, -0.2) is 40.0 Å². The fourth-order valence-corrected chi connectivity index (χ4v) is 4.94. The summed E-state index contributed by atoms with van der Waals surface area (Å²) in [6.07, 6.45) is 8.46. The summed E-state index contributed by atoms with van der Waals surface area (Å²) in [7, 11) is -4.99. The Balaban J connectivity index is 3.50. The molecule has 0 aliphatic carbocycles. The van der Waals surface area contributed by atoms with E-state index in [1.54, 1.807) is 0 Å². The van der Waals surface area contributed by atoms with Gasteiger partial charge >= 0.3 is 0 Å². The van der Waals surface area contributed by atoms with Crippen LogP contribution in [0.1, 0.15) is 51.9 Å². The Morgan fingerprint density at radius 2 is 1.52 bits per heavy atom. The zero-order valence-electron chi connectivity index (χ0n) is 14.1. The molecule has 0 radical (unpaired) electrons. The van der Waals surface area contributed by atoms with Gasteiger partial charge in [0.15, 0.2) is 0 Å². The highest BCUT2D eigenvalue weighted by atomic mass is 32.2. The zero-order valence-corrected chi connectivity index (χ0v) is 15.9. The van der Waals surface area contributed by atoms with Crippen LogP contribution in [0.4, 0.5) is 0 Å². The summed E-state index contributed by atoms with van der Waals surface area (Å²) < 4.78 is 35.2. The molecule has 4 nitrogen and oxygen atoms in total. The van der Waals surface area contributed by atoms with Crippen molar-refractivity contribution >= 4 is 18.2 Å². The molecule has 6 heteroatoms. The Kier molecular flexibility index (Phi) is 11.7. The van der Waals surface area contributed by atoms with Gasteiger partial charge in [-0.25, -0.2) is 0 Å². The molecule has 0 unspecified atom stereocenters. The van der Waals surface area contributed by atoms with E-state index in [0.29, 0.717) is 13.0 Å². The summed E-state index contributed by atoms with van der Waals surface area (Å²) in [6.45, 7) is 8.19. The van der Waals surface area contributed by atoms with Crippen molar-refractivity contribution in [2.24, 2.45) is 0 Å². The normalized spacial score (nSPS) is 12.8. The van der Waals surface area contributed by atoms with Gasteiger partial charge in [-0.3, -0.25) is 4.55 Å². The Morgan fingerprint density at radius 1 is 0.905 bits per heavy atom. The smallest absolute Gasteiger partial charge is 0.264 e. The van der Waals surface area contributed by atoms with Crippen molar-refractivity contribution in [1.82, 2.24) is 0 Å². The van der Waals surface area contributed by atoms with Crippen LogP contribution in [0.2, 0.25) is 25.2 Å². The van der Waals surface area contributed by atoms with Gasteiger partial charge in [-0.2, -0.15) is 8.42 Å². The molecule has 0 aromatic heterocycles. The summed E-state index contributed by atoms with van der Waals surface area (Å²) in [5, 5.41) is 0. The molecule has 128 valence electrons. The van der Waals surface area contributed by atoms with Crippen LogP contribution in [0.15, 0.2) is 0 Å². The molecule has 0 saturated carbocycles. The van der Waals surface area contributed by atoms with Crippen molar-refractivity contribution in [2.75, 3.05) is 19.0 Å². The third-order valence-corrected chi connectivity index (χ3v) is 7.89. The van der Waals surface area contributed by atoms with E-state index in [-0.39, 0.29) is 5.75 Å². The molecule has 0 aliphatic heterocycles. The number of ether oxygens (including phenoxy) is 1. The minimum absolute atomic E-state index is 0.203. The molecule has 0 atom stereocenters. The van der Waals surface area contributed by atoms with Crippen molar-refractivity contribution < 1.29 is 17.7 Å². The quantitative estimate of drug-likeness (QED) is 0.290. The van der Waals surface area contributed by atoms with E-state index < -0.39 is 18.2 Å². The van der Waals surface area contributed by atoms with Gasteiger partial charge in [0, 0.05) is 21.3 Å². The molecule has 0 aliphatic rings. The van der Waals surface area contributed by atoms with Crippen molar-refractivity contribution in [3.05, 3.63) is 0 Å². The molecule has 0 aromatic rings. The summed E-state index contributed by atoms with van der Waals surface area (Å²) in [6, 6.07) is 2.49. The van der Waals surface area contributed by atoms with Crippen molar-refractivity contribution in [1.29, 1.82) is 0 Å². The van der Waals surface area contributed by atoms with Gasteiger partial charge in [0.25, 0.3) is 10.1 Å². The predicted molar refractivity (Wildman–Crippen MR) is 92.3 cm³/mol. The highest BCUT2D eigenvalue weighted by Crippen LogP contribution is 2.20. The lowest BCUT2D eigenvalue weighted by atomic mass is 10.1. The van der Waals surface area contributed by atoms with Crippen LogP contribution in [0, 0.1) is 0 Å². The fourth-order valence-electron chi connectivity index (χ4n) is 2.30. The third kappa shape index (κ3) is 16.3. The van der Waals surface area contributed by atoms with E-state index in [2.05, 4.69) is 20.0 Å². The lowest BCUT2D eigenvalue weighted by molar-refractivity contribution is 0.147. The van der Waals surface area contributed by atoms with E-state index in [4.69, 9.17) is 9.29 Å². The average molecular weight is 339 g/mol. The standard InChI is InChI=1S/C15H34O4SSi/c1-4-5-6-7-8-9-14-21(2,3)15-12-19-11-10-13-20(16,17)18/h4-15H2,1-3H3,(H,16,17,18). The molecule has 21 heavy (non-hydrogen) atoms. The van der Waals surface area contributed by atoms with Gasteiger partial charge in [0.2, 0.25) is 0 Å². The van der Waals surface area contributed by atoms with Crippen LogP contribution in [0.3, 0.4) is 0 Å². The maximum Gasteiger partial charge on any atom is 0.264 e. The molecule has 0 bridgehead atoms. The Labute approximate surface area is 132 Å².